The van der Waals surface area contributed by atoms with Gasteiger partial charge in [0.05, 0.1) is 12.7 Å². The molecule has 21 heavy (non-hydrogen) atoms. The summed E-state index contributed by atoms with van der Waals surface area (Å²) >= 11 is 0. The number of hydrogen-bond acceptors (Lipinski definition) is 4. The molecule has 1 aliphatic rings. The maximum absolute atomic E-state index is 11.5. The van der Waals surface area contributed by atoms with Gasteiger partial charge >= 0.3 is 5.97 Å². The minimum absolute atomic E-state index is 0.278. The van der Waals surface area contributed by atoms with E-state index in [0.29, 0.717) is 11.6 Å². The van der Waals surface area contributed by atoms with Crippen molar-refractivity contribution in [1.82, 2.24) is 4.90 Å². The van der Waals surface area contributed by atoms with Gasteiger partial charge in [-0.3, -0.25) is 4.90 Å². The molecule has 1 aromatic carbocycles. The summed E-state index contributed by atoms with van der Waals surface area (Å²) in [7, 11) is 1.41. The molecule has 1 atom stereocenters. The van der Waals surface area contributed by atoms with Gasteiger partial charge < -0.3 is 9.64 Å². The van der Waals surface area contributed by atoms with Crippen LogP contribution >= 0.6 is 0 Å². The minimum Gasteiger partial charge on any atom is -0.465 e. The number of hydrogen-bond donors (Lipinski definition) is 0. The fourth-order valence-electron chi connectivity index (χ4n) is 2.85. The molecule has 0 saturated carbocycles. The van der Waals surface area contributed by atoms with Crippen LogP contribution in [0, 0.1) is 0 Å². The van der Waals surface area contributed by atoms with Crippen molar-refractivity contribution in [2.45, 2.75) is 32.7 Å². The second-order valence-electron chi connectivity index (χ2n) is 5.72. The van der Waals surface area contributed by atoms with Crippen LogP contribution in [0.3, 0.4) is 0 Å². The van der Waals surface area contributed by atoms with Gasteiger partial charge in [-0.15, -0.1) is 0 Å². The Kier molecular flexibility index (Phi) is 5.62. The first-order valence-electron chi connectivity index (χ1n) is 7.83. The Balaban J connectivity index is 1.96. The number of benzene rings is 1. The summed E-state index contributed by atoms with van der Waals surface area (Å²) in [5.41, 5.74) is 1.79. The maximum Gasteiger partial charge on any atom is 0.337 e. The lowest BCUT2D eigenvalue weighted by Gasteiger charge is -2.41. The van der Waals surface area contributed by atoms with Crippen LogP contribution in [-0.4, -0.2) is 50.2 Å². The highest BCUT2D eigenvalue weighted by atomic mass is 16.5. The third-order valence-corrected chi connectivity index (χ3v) is 4.22. The Hall–Kier alpha value is -1.55. The zero-order valence-corrected chi connectivity index (χ0v) is 13.3. The molecule has 1 heterocycles. The molecule has 0 aromatic heterocycles. The molecule has 2 rings (SSSR count). The molecule has 1 saturated heterocycles. The highest BCUT2D eigenvalue weighted by Crippen LogP contribution is 2.20. The molecule has 4 nitrogen and oxygen atoms in total. The van der Waals surface area contributed by atoms with E-state index in [4.69, 9.17) is 4.74 Å². The van der Waals surface area contributed by atoms with Crippen molar-refractivity contribution in [2.75, 3.05) is 38.2 Å². The maximum atomic E-state index is 11.5. The second-order valence-corrected chi connectivity index (χ2v) is 5.72. The lowest BCUT2D eigenvalue weighted by atomic mass is 10.1. The van der Waals surface area contributed by atoms with Gasteiger partial charge in [-0.25, -0.2) is 4.79 Å². The van der Waals surface area contributed by atoms with E-state index in [1.165, 1.54) is 32.2 Å². The van der Waals surface area contributed by atoms with Gasteiger partial charge in [-0.05, 0) is 44.2 Å². The average Bonchev–Trinajstić information content (AvgIpc) is 2.53. The highest BCUT2D eigenvalue weighted by molar-refractivity contribution is 5.89. The van der Waals surface area contributed by atoms with Crippen LogP contribution in [0.5, 0.6) is 0 Å². The number of anilines is 1. The summed E-state index contributed by atoms with van der Waals surface area (Å²) in [6.45, 7) is 8.94. The number of nitrogens with zero attached hydrogens (tertiary/aromatic N) is 2. The number of rotatable bonds is 5. The molecular formula is C17H26N2O2. The van der Waals surface area contributed by atoms with Gasteiger partial charge in [0, 0.05) is 31.4 Å². The van der Waals surface area contributed by atoms with Crippen molar-refractivity contribution in [3.05, 3.63) is 29.8 Å². The molecule has 0 amide bonds. The van der Waals surface area contributed by atoms with Crippen molar-refractivity contribution in [2.24, 2.45) is 0 Å². The Morgan fingerprint density at radius 3 is 2.57 bits per heavy atom. The summed E-state index contributed by atoms with van der Waals surface area (Å²) in [4.78, 5) is 16.4. The number of esters is 1. The van der Waals surface area contributed by atoms with Crippen molar-refractivity contribution in [3.63, 3.8) is 0 Å². The van der Waals surface area contributed by atoms with Gasteiger partial charge in [-0.2, -0.15) is 0 Å². The lowest BCUT2D eigenvalue weighted by Crippen LogP contribution is -2.52. The van der Waals surface area contributed by atoms with Crippen LogP contribution < -0.4 is 4.90 Å². The first-order valence-corrected chi connectivity index (χ1v) is 7.83. The summed E-state index contributed by atoms with van der Waals surface area (Å²) in [6.07, 6.45) is 2.53. The van der Waals surface area contributed by atoms with Crippen molar-refractivity contribution in [1.29, 1.82) is 0 Å². The predicted octanol–water partition coefficient (Wildman–Crippen LogP) is 2.78. The summed E-state index contributed by atoms with van der Waals surface area (Å²) in [6, 6.07) is 8.29. The third kappa shape index (κ3) is 3.97. The summed E-state index contributed by atoms with van der Waals surface area (Å²) in [5.74, 6) is -0.278. The van der Waals surface area contributed by atoms with E-state index < -0.39 is 0 Å². The SMILES string of the molecule is CCCCN1CCN(c2ccc(C(=O)OC)cc2)CC1C. The van der Waals surface area contributed by atoms with E-state index in [1.54, 1.807) is 0 Å². The normalized spacial score (nSPS) is 19.6. The van der Waals surface area contributed by atoms with E-state index in [2.05, 4.69) is 23.6 Å². The predicted molar refractivity (Wildman–Crippen MR) is 85.9 cm³/mol. The van der Waals surface area contributed by atoms with Gasteiger partial charge in [0.2, 0.25) is 0 Å². The molecule has 1 unspecified atom stereocenters. The summed E-state index contributed by atoms with van der Waals surface area (Å²) in [5, 5.41) is 0. The monoisotopic (exact) mass is 290 g/mol. The zero-order chi connectivity index (χ0) is 15.2. The highest BCUT2D eigenvalue weighted by Gasteiger charge is 2.23. The number of carbonyl (C=O) groups excluding carboxylic acids is 1. The van der Waals surface area contributed by atoms with E-state index in [-0.39, 0.29) is 5.97 Å². The summed E-state index contributed by atoms with van der Waals surface area (Å²) < 4.78 is 4.73. The van der Waals surface area contributed by atoms with Crippen LogP contribution in [0.15, 0.2) is 24.3 Å². The molecule has 0 aliphatic carbocycles. The molecule has 4 heteroatoms. The van der Waals surface area contributed by atoms with Crippen LogP contribution in [0.2, 0.25) is 0 Å². The molecule has 1 aromatic rings. The van der Waals surface area contributed by atoms with Crippen molar-refractivity contribution < 1.29 is 9.53 Å². The minimum atomic E-state index is -0.278. The molecule has 0 bridgehead atoms. The first kappa shape index (κ1) is 15.8. The molecule has 1 aliphatic heterocycles. The van der Waals surface area contributed by atoms with E-state index in [1.807, 2.05) is 24.3 Å². The molecule has 116 valence electrons. The fourth-order valence-corrected chi connectivity index (χ4v) is 2.85. The molecule has 0 spiro atoms. The molecule has 0 N–H and O–H groups in total. The first-order chi connectivity index (χ1) is 10.2. The zero-order valence-electron chi connectivity index (χ0n) is 13.3. The topological polar surface area (TPSA) is 32.8 Å². The number of methoxy groups -OCH3 is 1. The van der Waals surface area contributed by atoms with E-state index in [0.717, 1.165) is 19.6 Å². The van der Waals surface area contributed by atoms with Crippen molar-refractivity contribution >= 4 is 11.7 Å². The largest absolute Gasteiger partial charge is 0.465 e. The Labute approximate surface area is 127 Å². The van der Waals surface area contributed by atoms with E-state index >= 15 is 0 Å². The second kappa shape index (κ2) is 7.46. The number of unbranched alkanes of at least 4 members (excludes halogenated alkanes) is 1. The number of ether oxygens (including phenoxy) is 1. The Bertz CT molecular complexity index is 458. The fraction of sp³-hybridized carbons (Fsp3) is 0.588. The average molecular weight is 290 g/mol. The van der Waals surface area contributed by atoms with Crippen LogP contribution in [-0.2, 0) is 4.74 Å². The quantitative estimate of drug-likeness (QED) is 0.781. The molecule has 0 radical (unpaired) electrons. The van der Waals surface area contributed by atoms with Crippen LogP contribution in [0.1, 0.15) is 37.0 Å². The Morgan fingerprint density at radius 2 is 2.00 bits per heavy atom. The van der Waals surface area contributed by atoms with Crippen molar-refractivity contribution in [3.8, 4) is 0 Å². The van der Waals surface area contributed by atoms with Gasteiger partial charge in [-0.1, -0.05) is 13.3 Å². The van der Waals surface area contributed by atoms with Crippen LogP contribution in [0.4, 0.5) is 5.69 Å². The lowest BCUT2D eigenvalue weighted by molar-refractivity contribution is 0.0601. The standard InChI is InChI=1S/C17H26N2O2/c1-4-5-10-18-11-12-19(13-14(18)2)16-8-6-15(7-9-16)17(20)21-3/h6-9,14H,4-5,10-13H2,1-3H3. The van der Waals surface area contributed by atoms with E-state index in [9.17, 15) is 4.79 Å². The Morgan fingerprint density at radius 1 is 1.29 bits per heavy atom. The third-order valence-electron chi connectivity index (χ3n) is 4.22. The number of piperazine rings is 1. The molecular weight excluding hydrogens is 264 g/mol. The van der Waals surface area contributed by atoms with Gasteiger partial charge in [0.25, 0.3) is 0 Å². The van der Waals surface area contributed by atoms with Gasteiger partial charge in [0.1, 0.15) is 0 Å². The van der Waals surface area contributed by atoms with Gasteiger partial charge in [0.15, 0.2) is 0 Å². The van der Waals surface area contributed by atoms with Crippen LogP contribution in [0.25, 0.3) is 0 Å². The molecule has 1 fully saturated rings. The number of carbonyl (C=O) groups is 1. The smallest absolute Gasteiger partial charge is 0.337 e.